The normalized spacial score (nSPS) is 17.2. The van der Waals surface area contributed by atoms with E-state index in [1.807, 2.05) is 25.1 Å². The summed E-state index contributed by atoms with van der Waals surface area (Å²) in [5.74, 6) is 1.58. The van der Waals surface area contributed by atoms with Gasteiger partial charge in [0.1, 0.15) is 5.75 Å². The number of nitrogens with zero attached hydrogens (tertiary/aromatic N) is 2. The Balaban J connectivity index is 1.26. The van der Waals surface area contributed by atoms with Gasteiger partial charge in [0.15, 0.2) is 23.1 Å². The van der Waals surface area contributed by atoms with Gasteiger partial charge in [-0.25, -0.2) is 4.39 Å². The van der Waals surface area contributed by atoms with Gasteiger partial charge in [0, 0.05) is 46.2 Å². The van der Waals surface area contributed by atoms with E-state index in [2.05, 4.69) is 14.9 Å². The lowest BCUT2D eigenvalue weighted by atomic mass is 10.1. The summed E-state index contributed by atoms with van der Waals surface area (Å²) in [6, 6.07) is 10.7. The number of aromatic amines is 1. The van der Waals surface area contributed by atoms with Crippen LogP contribution >= 0.6 is 0 Å². The number of hydrogen-bond acceptors (Lipinski definition) is 5. The number of aromatic nitrogens is 2. The van der Waals surface area contributed by atoms with Gasteiger partial charge in [-0.15, -0.1) is 0 Å². The molecule has 1 saturated carbocycles. The fraction of sp³-hybridized carbons (Fsp3) is 0.393. The van der Waals surface area contributed by atoms with Crippen molar-refractivity contribution in [2.24, 2.45) is 5.41 Å². The predicted octanol–water partition coefficient (Wildman–Crippen LogP) is 6.22. The highest BCUT2D eigenvalue weighted by Crippen LogP contribution is 2.48. The zero-order chi connectivity index (χ0) is 24.0. The first-order valence-electron chi connectivity index (χ1n) is 12.3. The summed E-state index contributed by atoms with van der Waals surface area (Å²) in [5, 5.41) is 1.24. The van der Waals surface area contributed by atoms with Crippen molar-refractivity contribution >= 4 is 21.8 Å². The lowest BCUT2D eigenvalue weighted by Crippen LogP contribution is -2.31. The van der Waals surface area contributed by atoms with Crippen LogP contribution in [0, 0.1) is 18.2 Å². The Bertz CT molecular complexity index is 1390. The Morgan fingerprint density at radius 3 is 2.60 bits per heavy atom. The number of benzene rings is 2. The average Bonchev–Trinajstić information content (AvgIpc) is 3.22. The van der Waals surface area contributed by atoms with E-state index in [1.54, 1.807) is 31.5 Å². The standard InChI is InChI=1S/C28H30FN3O3/c1-18-13-20-21(31-18)5-6-24(27(20)29)35-23-7-10-30-22-15-26(25(33-2)14-19(22)23)34-17-28(8-9-28)16-32-11-3-4-12-32/h5-7,10,13-15,31H,3-4,8-9,11-12,16-17H2,1-2H3. The Kier molecular flexibility index (Phi) is 5.52. The van der Waals surface area contributed by atoms with Crippen molar-refractivity contribution in [3.05, 3.63) is 54.1 Å². The largest absolute Gasteiger partial charge is 0.493 e. The third-order valence-electron chi connectivity index (χ3n) is 7.29. The van der Waals surface area contributed by atoms with E-state index >= 15 is 4.39 Å². The number of ether oxygens (including phenoxy) is 3. The molecule has 0 unspecified atom stereocenters. The smallest absolute Gasteiger partial charge is 0.175 e. The molecule has 3 heterocycles. The van der Waals surface area contributed by atoms with Crippen LogP contribution in [0.5, 0.6) is 23.0 Å². The van der Waals surface area contributed by atoms with Gasteiger partial charge in [0.2, 0.25) is 0 Å². The predicted molar refractivity (Wildman–Crippen MR) is 134 cm³/mol. The van der Waals surface area contributed by atoms with Crippen LogP contribution in [0.15, 0.2) is 42.6 Å². The maximum atomic E-state index is 15.1. The Hall–Kier alpha value is -3.32. The summed E-state index contributed by atoms with van der Waals surface area (Å²) in [4.78, 5) is 10.2. The van der Waals surface area contributed by atoms with Crippen molar-refractivity contribution in [3.8, 4) is 23.0 Å². The van der Waals surface area contributed by atoms with Crippen LogP contribution in [-0.2, 0) is 0 Å². The Labute approximate surface area is 204 Å². The van der Waals surface area contributed by atoms with Crippen LogP contribution in [0.25, 0.3) is 21.8 Å². The van der Waals surface area contributed by atoms with Gasteiger partial charge in [0.25, 0.3) is 0 Å². The number of H-pyrrole nitrogens is 1. The number of nitrogens with one attached hydrogen (secondary N) is 1. The van der Waals surface area contributed by atoms with Crippen molar-refractivity contribution in [2.75, 3.05) is 33.4 Å². The average molecular weight is 476 g/mol. The maximum Gasteiger partial charge on any atom is 0.175 e. The molecular formula is C28H30FN3O3. The molecule has 2 aromatic carbocycles. The minimum Gasteiger partial charge on any atom is -0.493 e. The molecule has 1 aliphatic heterocycles. The molecule has 0 spiro atoms. The molecule has 0 atom stereocenters. The van der Waals surface area contributed by atoms with Crippen molar-refractivity contribution in [3.63, 3.8) is 0 Å². The second-order valence-corrected chi connectivity index (χ2v) is 9.99. The van der Waals surface area contributed by atoms with Crippen LogP contribution in [0.3, 0.4) is 0 Å². The topological polar surface area (TPSA) is 59.6 Å². The van der Waals surface area contributed by atoms with Gasteiger partial charge in [-0.3, -0.25) is 4.98 Å². The highest BCUT2D eigenvalue weighted by molar-refractivity contribution is 5.89. The van der Waals surface area contributed by atoms with E-state index in [1.165, 1.54) is 38.8 Å². The highest BCUT2D eigenvalue weighted by Gasteiger charge is 2.45. The van der Waals surface area contributed by atoms with Gasteiger partial charge in [-0.1, -0.05) is 0 Å². The second-order valence-electron chi connectivity index (χ2n) is 9.99. The van der Waals surface area contributed by atoms with Gasteiger partial charge < -0.3 is 24.1 Å². The first-order chi connectivity index (χ1) is 17.0. The first kappa shape index (κ1) is 22.2. The van der Waals surface area contributed by atoms with Crippen molar-refractivity contribution < 1.29 is 18.6 Å². The highest BCUT2D eigenvalue weighted by atomic mass is 19.1. The van der Waals surface area contributed by atoms with Crippen molar-refractivity contribution in [1.29, 1.82) is 0 Å². The molecule has 2 aromatic heterocycles. The van der Waals surface area contributed by atoms with Gasteiger partial charge in [0.05, 0.1) is 19.2 Å². The molecule has 1 N–H and O–H groups in total. The maximum absolute atomic E-state index is 15.1. The zero-order valence-corrected chi connectivity index (χ0v) is 20.2. The number of hydrogen-bond donors (Lipinski definition) is 1. The molecule has 182 valence electrons. The number of methoxy groups -OCH3 is 1. The van der Waals surface area contributed by atoms with E-state index in [0.29, 0.717) is 34.8 Å². The SMILES string of the molecule is COc1cc2c(Oc3ccc4[nH]c(C)cc4c3F)ccnc2cc1OCC1(CN2CCCC2)CC1. The number of likely N-dealkylation sites (tertiary alicyclic amines) is 1. The number of rotatable bonds is 8. The Morgan fingerprint density at radius 2 is 1.83 bits per heavy atom. The summed E-state index contributed by atoms with van der Waals surface area (Å²) in [7, 11) is 1.63. The van der Waals surface area contributed by atoms with E-state index in [-0.39, 0.29) is 11.2 Å². The van der Waals surface area contributed by atoms with Gasteiger partial charge >= 0.3 is 0 Å². The summed E-state index contributed by atoms with van der Waals surface area (Å²) in [5.41, 5.74) is 2.60. The summed E-state index contributed by atoms with van der Waals surface area (Å²) in [6.45, 7) is 6.08. The lowest BCUT2D eigenvalue weighted by molar-refractivity contribution is 0.175. The number of aryl methyl sites for hydroxylation is 1. The van der Waals surface area contributed by atoms with E-state index < -0.39 is 5.82 Å². The van der Waals surface area contributed by atoms with Gasteiger partial charge in [-0.05, 0) is 76.0 Å². The molecule has 6 rings (SSSR count). The molecule has 0 bridgehead atoms. The summed E-state index contributed by atoms with van der Waals surface area (Å²) >= 11 is 0. The molecule has 0 radical (unpaired) electrons. The lowest BCUT2D eigenvalue weighted by Gasteiger charge is -2.23. The fourth-order valence-electron chi connectivity index (χ4n) is 5.15. The molecular weight excluding hydrogens is 445 g/mol. The monoisotopic (exact) mass is 475 g/mol. The van der Waals surface area contributed by atoms with Crippen LogP contribution in [0.4, 0.5) is 4.39 Å². The van der Waals surface area contributed by atoms with E-state index in [4.69, 9.17) is 14.2 Å². The van der Waals surface area contributed by atoms with Crippen molar-refractivity contribution in [2.45, 2.75) is 32.6 Å². The van der Waals surface area contributed by atoms with Crippen LogP contribution in [0.2, 0.25) is 0 Å². The van der Waals surface area contributed by atoms with Gasteiger partial charge in [-0.2, -0.15) is 0 Å². The molecule has 2 fully saturated rings. The Morgan fingerprint density at radius 1 is 1.00 bits per heavy atom. The molecule has 1 aliphatic carbocycles. The first-order valence-corrected chi connectivity index (χ1v) is 12.3. The molecule has 6 nitrogen and oxygen atoms in total. The zero-order valence-electron chi connectivity index (χ0n) is 20.2. The minimum absolute atomic E-state index is 0.167. The third kappa shape index (κ3) is 4.29. The van der Waals surface area contributed by atoms with Crippen molar-refractivity contribution in [1.82, 2.24) is 14.9 Å². The quantitative estimate of drug-likeness (QED) is 0.328. The molecule has 4 aromatic rings. The summed E-state index contributed by atoms with van der Waals surface area (Å²) in [6.07, 6.45) is 6.67. The van der Waals surface area contributed by atoms with Crippen LogP contribution in [-0.4, -0.2) is 48.2 Å². The van der Waals surface area contributed by atoms with E-state index in [0.717, 1.165) is 23.1 Å². The van der Waals surface area contributed by atoms with Crippen LogP contribution < -0.4 is 14.2 Å². The molecule has 0 amide bonds. The number of fused-ring (bicyclic) bond motifs is 2. The van der Waals surface area contributed by atoms with Crippen LogP contribution in [0.1, 0.15) is 31.4 Å². The van der Waals surface area contributed by atoms with E-state index in [9.17, 15) is 0 Å². The molecule has 7 heteroatoms. The summed E-state index contributed by atoms with van der Waals surface area (Å²) < 4.78 is 33.2. The fourth-order valence-corrected chi connectivity index (χ4v) is 5.15. The minimum atomic E-state index is -0.392. The number of halogens is 1. The molecule has 2 aliphatic rings. The molecule has 35 heavy (non-hydrogen) atoms. The second kappa shape index (κ2) is 8.72. The number of pyridine rings is 1. The third-order valence-corrected chi connectivity index (χ3v) is 7.29. The molecule has 1 saturated heterocycles.